The lowest BCUT2D eigenvalue weighted by Crippen LogP contribution is -2.44. The summed E-state index contributed by atoms with van der Waals surface area (Å²) < 4.78 is 36.7. The maximum atomic E-state index is 12.2. The summed E-state index contributed by atoms with van der Waals surface area (Å²) in [5.41, 5.74) is -0.352. The second-order valence-electron chi connectivity index (χ2n) is 4.24. The summed E-state index contributed by atoms with van der Waals surface area (Å²) in [6.07, 6.45) is -2.77. The van der Waals surface area contributed by atoms with Crippen LogP contribution in [0.3, 0.4) is 0 Å². The van der Waals surface area contributed by atoms with Crippen molar-refractivity contribution < 1.29 is 13.2 Å². The Morgan fingerprint density at radius 1 is 1.33 bits per heavy atom. The Bertz CT molecular complexity index is 228. The molecule has 0 heterocycles. The Balaban J connectivity index is 4.20. The third-order valence-electron chi connectivity index (χ3n) is 2.21. The Kier molecular flexibility index (Phi) is 5.09. The van der Waals surface area contributed by atoms with Gasteiger partial charge in [-0.3, -0.25) is 0 Å². The highest BCUT2D eigenvalue weighted by Gasteiger charge is 2.40. The first-order valence-electron chi connectivity index (χ1n) is 4.94. The van der Waals surface area contributed by atoms with E-state index in [-0.39, 0.29) is 12.1 Å². The lowest BCUT2D eigenvalue weighted by molar-refractivity contribution is -0.158. The van der Waals surface area contributed by atoms with E-state index in [9.17, 15) is 13.2 Å². The fourth-order valence-electron chi connectivity index (χ4n) is 1.33. The molecule has 1 atom stereocenters. The summed E-state index contributed by atoms with van der Waals surface area (Å²) in [7, 11) is 0. The Labute approximate surface area is 88.5 Å². The van der Waals surface area contributed by atoms with E-state index in [2.05, 4.69) is 5.32 Å². The number of rotatable bonds is 5. The van der Waals surface area contributed by atoms with Crippen molar-refractivity contribution in [3.63, 3.8) is 0 Å². The molecular weight excluding hydrogens is 205 g/mol. The lowest BCUT2D eigenvalue weighted by atomic mass is 9.98. The minimum Gasteiger partial charge on any atom is -0.310 e. The maximum Gasteiger partial charge on any atom is 0.405 e. The van der Waals surface area contributed by atoms with Crippen molar-refractivity contribution in [3.8, 4) is 6.07 Å². The molecule has 0 saturated carbocycles. The predicted octanol–water partition coefficient (Wildman–Crippen LogP) is 2.86. The highest BCUT2D eigenvalue weighted by Crippen LogP contribution is 2.25. The van der Waals surface area contributed by atoms with E-state index in [1.165, 1.54) is 6.07 Å². The summed E-state index contributed by atoms with van der Waals surface area (Å²) in [4.78, 5) is 0. The topological polar surface area (TPSA) is 35.8 Å². The second-order valence-corrected chi connectivity index (χ2v) is 4.24. The van der Waals surface area contributed by atoms with E-state index in [1.54, 1.807) is 0 Å². The smallest absolute Gasteiger partial charge is 0.310 e. The molecule has 15 heavy (non-hydrogen) atoms. The highest BCUT2D eigenvalue weighted by atomic mass is 19.4. The van der Waals surface area contributed by atoms with Crippen LogP contribution in [0, 0.1) is 17.2 Å². The number of alkyl halides is 3. The predicted molar refractivity (Wildman–Crippen MR) is 52.1 cm³/mol. The molecule has 0 amide bonds. The van der Waals surface area contributed by atoms with Gasteiger partial charge in [-0.25, -0.2) is 0 Å². The summed E-state index contributed by atoms with van der Waals surface area (Å²) in [6.45, 7) is 5.30. The molecule has 88 valence electrons. The van der Waals surface area contributed by atoms with Crippen LogP contribution in [0.1, 0.15) is 33.6 Å². The Morgan fingerprint density at radius 3 is 2.20 bits per heavy atom. The quantitative estimate of drug-likeness (QED) is 0.776. The molecule has 0 rings (SSSR count). The molecule has 1 N–H and O–H groups in total. The second kappa shape index (κ2) is 5.36. The van der Waals surface area contributed by atoms with Gasteiger partial charge < -0.3 is 5.32 Å². The van der Waals surface area contributed by atoms with Gasteiger partial charge in [0.05, 0.1) is 6.07 Å². The van der Waals surface area contributed by atoms with Gasteiger partial charge in [0.2, 0.25) is 0 Å². The van der Waals surface area contributed by atoms with Gasteiger partial charge in [-0.15, -0.1) is 0 Å². The zero-order valence-electron chi connectivity index (χ0n) is 9.28. The van der Waals surface area contributed by atoms with Crippen molar-refractivity contribution in [3.05, 3.63) is 0 Å². The van der Waals surface area contributed by atoms with Gasteiger partial charge in [-0.2, -0.15) is 18.4 Å². The molecule has 1 unspecified atom stereocenters. The molecule has 0 fully saturated rings. The van der Waals surface area contributed by atoms with Gasteiger partial charge in [-0.05, 0) is 20.3 Å². The zero-order chi connectivity index (χ0) is 12.1. The van der Waals surface area contributed by atoms with Crippen LogP contribution in [-0.2, 0) is 0 Å². The van der Waals surface area contributed by atoms with Gasteiger partial charge >= 0.3 is 6.18 Å². The van der Waals surface area contributed by atoms with Gasteiger partial charge in [-0.1, -0.05) is 13.3 Å². The van der Waals surface area contributed by atoms with Crippen LogP contribution in [0.15, 0.2) is 0 Å². The van der Waals surface area contributed by atoms with E-state index in [0.717, 1.165) is 12.8 Å². The van der Waals surface area contributed by atoms with Crippen molar-refractivity contribution in [1.82, 2.24) is 5.32 Å². The first-order chi connectivity index (χ1) is 6.73. The van der Waals surface area contributed by atoms with E-state index in [0.29, 0.717) is 0 Å². The number of hydrogen-bond donors (Lipinski definition) is 1. The van der Waals surface area contributed by atoms with E-state index in [1.807, 2.05) is 20.8 Å². The molecular formula is C10H17F3N2. The van der Waals surface area contributed by atoms with E-state index in [4.69, 9.17) is 5.26 Å². The molecule has 0 radical (unpaired) electrons. The summed E-state index contributed by atoms with van der Waals surface area (Å²) in [5.74, 6) is -1.92. The van der Waals surface area contributed by atoms with Crippen LogP contribution in [0.5, 0.6) is 0 Å². The van der Waals surface area contributed by atoms with E-state index < -0.39 is 12.1 Å². The third-order valence-corrected chi connectivity index (χ3v) is 2.21. The summed E-state index contributed by atoms with van der Waals surface area (Å²) in [6, 6.07) is 1.27. The van der Waals surface area contributed by atoms with Crippen LogP contribution in [0.4, 0.5) is 13.2 Å². The maximum absolute atomic E-state index is 12.2. The van der Waals surface area contributed by atoms with Gasteiger partial charge in [0.25, 0.3) is 0 Å². The first kappa shape index (κ1) is 14.2. The number of nitrogens with zero attached hydrogens (tertiary/aromatic N) is 1. The van der Waals surface area contributed by atoms with Crippen molar-refractivity contribution in [2.75, 3.05) is 6.54 Å². The van der Waals surface area contributed by atoms with Crippen molar-refractivity contribution in [2.24, 2.45) is 5.92 Å². The third kappa shape index (κ3) is 5.63. The molecule has 0 aliphatic carbocycles. The fraction of sp³-hybridized carbons (Fsp3) is 0.900. The SMILES string of the molecule is CCCC(C)(C)NCC(C#N)C(F)(F)F. The minimum atomic E-state index is -4.44. The normalized spacial score (nSPS) is 14.7. The molecule has 2 nitrogen and oxygen atoms in total. The monoisotopic (exact) mass is 222 g/mol. The van der Waals surface area contributed by atoms with Crippen LogP contribution in [-0.4, -0.2) is 18.3 Å². The molecule has 0 aromatic heterocycles. The van der Waals surface area contributed by atoms with Crippen molar-refractivity contribution >= 4 is 0 Å². The molecule has 0 spiro atoms. The first-order valence-corrected chi connectivity index (χ1v) is 4.94. The summed E-state index contributed by atoms with van der Waals surface area (Å²) in [5, 5.41) is 11.2. The van der Waals surface area contributed by atoms with Crippen molar-refractivity contribution in [2.45, 2.75) is 45.3 Å². The Hall–Kier alpha value is -0.760. The number of nitriles is 1. The van der Waals surface area contributed by atoms with Gasteiger partial charge in [0.15, 0.2) is 5.92 Å². The molecule has 0 saturated heterocycles. The van der Waals surface area contributed by atoms with Crippen molar-refractivity contribution in [1.29, 1.82) is 5.26 Å². The zero-order valence-corrected chi connectivity index (χ0v) is 9.28. The van der Waals surface area contributed by atoms with Crippen LogP contribution < -0.4 is 5.32 Å². The average Bonchev–Trinajstić information content (AvgIpc) is 2.02. The molecule has 0 aromatic rings. The molecule has 0 aliphatic heterocycles. The summed E-state index contributed by atoms with van der Waals surface area (Å²) >= 11 is 0. The largest absolute Gasteiger partial charge is 0.405 e. The highest BCUT2D eigenvalue weighted by molar-refractivity contribution is 4.92. The average molecular weight is 222 g/mol. The molecule has 0 aromatic carbocycles. The molecule has 5 heteroatoms. The number of hydrogen-bond acceptors (Lipinski definition) is 2. The standard InChI is InChI=1S/C10H17F3N2/c1-4-5-9(2,3)15-7-8(6-14)10(11,12)13/h8,15H,4-5,7H2,1-3H3. The number of nitrogens with one attached hydrogen (secondary N) is 1. The lowest BCUT2D eigenvalue weighted by Gasteiger charge is -2.27. The molecule has 0 bridgehead atoms. The Morgan fingerprint density at radius 2 is 1.87 bits per heavy atom. The number of halogens is 3. The fourth-order valence-corrected chi connectivity index (χ4v) is 1.33. The van der Waals surface area contributed by atoms with Crippen LogP contribution in [0.2, 0.25) is 0 Å². The van der Waals surface area contributed by atoms with Crippen LogP contribution in [0.25, 0.3) is 0 Å². The van der Waals surface area contributed by atoms with Gasteiger partial charge in [0, 0.05) is 12.1 Å². The molecule has 0 aliphatic rings. The minimum absolute atomic E-state index is 0.340. The van der Waals surface area contributed by atoms with E-state index >= 15 is 0 Å². The van der Waals surface area contributed by atoms with Crippen LogP contribution >= 0.6 is 0 Å². The van der Waals surface area contributed by atoms with Gasteiger partial charge in [0.1, 0.15) is 0 Å².